The quantitative estimate of drug-likeness (QED) is 0.401. The van der Waals surface area contributed by atoms with E-state index in [1.807, 2.05) is 13.8 Å². The van der Waals surface area contributed by atoms with Gasteiger partial charge in [0.2, 0.25) is 0 Å². The zero-order valence-corrected chi connectivity index (χ0v) is 16.5. The van der Waals surface area contributed by atoms with Crippen molar-refractivity contribution in [3.8, 4) is 0 Å². The molecule has 1 aliphatic rings. The lowest BCUT2D eigenvalue weighted by Gasteiger charge is -2.16. The van der Waals surface area contributed by atoms with Crippen LogP contribution >= 0.6 is 11.6 Å². The number of oxime groups is 1. The Labute approximate surface area is 171 Å². The number of carbonyl (C=O) groups excluding carboxylic acids is 2. The van der Waals surface area contributed by atoms with Gasteiger partial charge in [-0.05, 0) is 29.7 Å². The first-order chi connectivity index (χ1) is 13.8. The molecule has 0 unspecified atom stereocenters. The largest absolute Gasteiger partial charge is 0.335 e. The standard InChI is InChI=1S/C20H18ClN3O5/c1-12(2)9-18(25)29-22-19-16-10-15(24(27)28)7-8-17(16)23(20(19)26)11-13-3-5-14(21)6-4-13/h3-8,10,12H,9,11H2,1-2H3/b22-19-. The predicted molar refractivity (Wildman–Crippen MR) is 108 cm³/mol. The highest BCUT2D eigenvalue weighted by Gasteiger charge is 2.36. The molecule has 0 saturated carbocycles. The van der Waals surface area contributed by atoms with Gasteiger partial charge < -0.3 is 9.74 Å². The molecule has 1 aliphatic heterocycles. The average Bonchev–Trinajstić information content (AvgIpc) is 2.92. The van der Waals surface area contributed by atoms with Crippen LogP contribution in [0.2, 0.25) is 5.02 Å². The SMILES string of the molecule is CC(C)CC(=O)O/N=C1\C(=O)N(Cc2ccc(Cl)cc2)c2ccc([N+](=O)[O-])cc21. The summed E-state index contributed by atoms with van der Waals surface area (Å²) in [5, 5.41) is 15.5. The second kappa shape index (κ2) is 8.40. The highest BCUT2D eigenvalue weighted by Crippen LogP contribution is 2.34. The summed E-state index contributed by atoms with van der Waals surface area (Å²) in [6.45, 7) is 3.91. The van der Waals surface area contributed by atoms with Crippen molar-refractivity contribution in [3.05, 3.63) is 68.7 Å². The number of nitro benzene ring substituents is 1. The van der Waals surface area contributed by atoms with E-state index in [4.69, 9.17) is 16.4 Å². The molecule has 0 atom stereocenters. The fourth-order valence-electron chi connectivity index (χ4n) is 2.90. The monoisotopic (exact) mass is 415 g/mol. The van der Waals surface area contributed by atoms with E-state index >= 15 is 0 Å². The maximum Gasteiger partial charge on any atom is 0.335 e. The molecule has 2 aromatic carbocycles. The van der Waals surface area contributed by atoms with E-state index in [1.165, 1.54) is 23.1 Å². The molecule has 1 heterocycles. The van der Waals surface area contributed by atoms with E-state index < -0.39 is 16.8 Å². The van der Waals surface area contributed by atoms with E-state index in [9.17, 15) is 19.7 Å². The van der Waals surface area contributed by atoms with Crippen molar-refractivity contribution in [2.75, 3.05) is 4.90 Å². The molecule has 0 bridgehead atoms. The molecule has 150 valence electrons. The number of fused-ring (bicyclic) bond motifs is 1. The number of hydrogen-bond acceptors (Lipinski definition) is 6. The molecule has 0 radical (unpaired) electrons. The zero-order chi connectivity index (χ0) is 21.1. The first-order valence-electron chi connectivity index (χ1n) is 8.89. The van der Waals surface area contributed by atoms with Crippen LogP contribution in [0.1, 0.15) is 31.4 Å². The van der Waals surface area contributed by atoms with Crippen molar-refractivity contribution >= 4 is 40.6 Å². The maximum atomic E-state index is 13.0. The molecule has 29 heavy (non-hydrogen) atoms. The van der Waals surface area contributed by atoms with Gasteiger partial charge in [0.25, 0.3) is 11.6 Å². The Morgan fingerprint density at radius 2 is 1.93 bits per heavy atom. The molecule has 3 rings (SSSR count). The number of amides is 1. The van der Waals surface area contributed by atoms with Gasteiger partial charge in [0, 0.05) is 22.7 Å². The van der Waals surface area contributed by atoms with Crippen LogP contribution < -0.4 is 4.90 Å². The van der Waals surface area contributed by atoms with Gasteiger partial charge in [0.1, 0.15) is 0 Å². The molecule has 2 aromatic rings. The minimum Gasteiger partial charge on any atom is -0.317 e. The number of carbonyl (C=O) groups is 2. The third-order valence-electron chi connectivity index (χ3n) is 4.25. The van der Waals surface area contributed by atoms with Crippen LogP contribution in [0.15, 0.2) is 47.6 Å². The molecule has 9 heteroatoms. The Balaban J connectivity index is 1.96. The Bertz CT molecular complexity index is 1000. The highest BCUT2D eigenvalue weighted by atomic mass is 35.5. The van der Waals surface area contributed by atoms with Crippen molar-refractivity contribution in [1.82, 2.24) is 0 Å². The Hall–Kier alpha value is -3.26. The molecule has 0 saturated heterocycles. The summed E-state index contributed by atoms with van der Waals surface area (Å²) in [4.78, 5) is 41.7. The van der Waals surface area contributed by atoms with Crippen molar-refractivity contribution in [2.24, 2.45) is 11.1 Å². The summed E-state index contributed by atoms with van der Waals surface area (Å²) in [6, 6.07) is 11.0. The van der Waals surface area contributed by atoms with Crippen LogP contribution in [0.4, 0.5) is 11.4 Å². The van der Waals surface area contributed by atoms with Gasteiger partial charge in [0.05, 0.1) is 23.6 Å². The molecule has 0 aromatic heterocycles. The summed E-state index contributed by atoms with van der Waals surface area (Å²) in [7, 11) is 0. The number of anilines is 1. The molecule has 0 spiro atoms. The van der Waals surface area contributed by atoms with Crippen LogP contribution in [-0.2, 0) is 21.0 Å². The van der Waals surface area contributed by atoms with Gasteiger partial charge in [-0.25, -0.2) is 4.79 Å². The van der Waals surface area contributed by atoms with Crippen LogP contribution in [0, 0.1) is 16.0 Å². The second-order valence-electron chi connectivity index (χ2n) is 6.98. The summed E-state index contributed by atoms with van der Waals surface area (Å²) in [5.74, 6) is -1.02. The van der Waals surface area contributed by atoms with Crippen LogP contribution in [0.25, 0.3) is 0 Å². The molecule has 1 amide bonds. The number of benzene rings is 2. The lowest BCUT2D eigenvalue weighted by atomic mass is 10.1. The van der Waals surface area contributed by atoms with E-state index in [0.717, 1.165) is 5.56 Å². The third kappa shape index (κ3) is 4.60. The fourth-order valence-corrected chi connectivity index (χ4v) is 3.03. The Morgan fingerprint density at radius 3 is 2.55 bits per heavy atom. The minimum absolute atomic E-state index is 0.0664. The van der Waals surface area contributed by atoms with E-state index in [2.05, 4.69) is 5.16 Å². The fraction of sp³-hybridized carbons (Fsp3) is 0.250. The normalized spacial score (nSPS) is 14.4. The van der Waals surface area contributed by atoms with Gasteiger partial charge in [-0.1, -0.05) is 42.7 Å². The lowest BCUT2D eigenvalue weighted by Crippen LogP contribution is -2.29. The second-order valence-corrected chi connectivity index (χ2v) is 7.41. The summed E-state index contributed by atoms with van der Waals surface area (Å²) in [6.07, 6.45) is 0.140. The lowest BCUT2D eigenvalue weighted by molar-refractivity contribution is -0.384. The van der Waals surface area contributed by atoms with Gasteiger partial charge in [-0.15, -0.1) is 0 Å². The molecular formula is C20H18ClN3O5. The topological polar surface area (TPSA) is 102 Å². The van der Waals surface area contributed by atoms with E-state index in [0.29, 0.717) is 10.7 Å². The minimum atomic E-state index is -0.580. The van der Waals surface area contributed by atoms with Gasteiger partial charge in [0.15, 0.2) is 5.71 Å². The van der Waals surface area contributed by atoms with Crippen LogP contribution in [0.3, 0.4) is 0 Å². The number of nitrogens with zero attached hydrogens (tertiary/aromatic N) is 3. The predicted octanol–water partition coefficient (Wildman–Crippen LogP) is 4.09. The molecule has 0 fully saturated rings. The maximum absolute atomic E-state index is 13.0. The number of halogens is 1. The smallest absolute Gasteiger partial charge is 0.317 e. The van der Waals surface area contributed by atoms with Gasteiger partial charge in [-0.2, -0.15) is 0 Å². The zero-order valence-electron chi connectivity index (χ0n) is 15.8. The van der Waals surface area contributed by atoms with Crippen molar-refractivity contribution in [3.63, 3.8) is 0 Å². The molecule has 8 nitrogen and oxygen atoms in total. The highest BCUT2D eigenvalue weighted by molar-refractivity contribution is 6.54. The molecular weight excluding hydrogens is 398 g/mol. The first-order valence-corrected chi connectivity index (χ1v) is 9.27. The molecule has 0 N–H and O–H groups in total. The summed E-state index contributed by atoms with van der Waals surface area (Å²) >= 11 is 5.90. The van der Waals surface area contributed by atoms with Crippen molar-refractivity contribution in [2.45, 2.75) is 26.8 Å². The number of non-ortho nitro benzene ring substituents is 1. The summed E-state index contributed by atoms with van der Waals surface area (Å²) in [5.41, 5.74) is 1.18. The molecule has 0 aliphatic carbocycles. The average molecular weight is 416 g/mol. The Morgan fingerprint density at radius 1 is 1.24 bits per heavy atom. The Kier molecular flexibility index (Phi) is 5.93. The van der Waals surface area contributed by atoms with Crippen molar-refractivity contribution in [1.29, 1.82) is 0 Å². The van der Waals surface area contributed by atoms with Crippen LogP contribution in [-0.4, -0.2) is 22.5 Å². The number of rotatable bonds is 6. The summed E-state index contributed by atoms with van der Waals surface area (Å²) < 4.78 is 0. The number of nitro groups is 1. The van der Waals surface area contributed by atoms with E-state index in [-0.39, 0.29) is 35.8 Å². The third-order valence-corrected chi connectivity index (χ3v) is 4.50. The van der Waals surface area contributed by atoms with Crippen LogP contribution in [0.5, 0.6) is 0 Å². The van der Waals surface area contributed by atoms with E-state index in [1.54, 1.807) is 24.3 Å². The van der Waals surface area contributed by atoms with Gasteiger partial charge >= 0.3 is 5.97 Å². The first kappa shape index (κ1) is 20.5. The van der Waals surface area contributed by atoms with Crippen molar-refractivity contribution < 1.29 is 19.3 Å². The van der Waals surface area contributed by atoms with Gasteiger partial charge in [-0.3, -0.25) is 14.9 Å². The number of hydrogen-bond donors (Lipinski definition) is 0.